The van der Waals surface area contributed by atoms with E-state index in [1.165, 1.54) is 18.4 Å². The van der Waals surface area contributed by atoms with Crippen LogP contribution in [0.2, 0.25) is 0 Å². The molecule has 19 heavy (non-hydrogen) atoms. The lowest BCUT2D eigenvalue weighted by atomic mass is 10.1. The number of aryl methyl sites for hydroxylation is 1. The van der Waals surface area contributed by atoms with E-state index in [4.69, 9.17) is 4.74 Å². The first kappa shape index (κ1) is 16.1. The van der Waals surface area contributed by atoms with Gasteiger partial charge in [0.1, 0.15) is 0 Å². The predicted molar refractivity (Wildman–Crippen MR) is 80.4 cm³/mol. The Morgan fingerprint density at radius 3 is 2.68 bits per heavy atom. The molecule has 0 bridgehead atoms. The molecular weight excluding hydrogens is 236 g/mol. The molecule has 0 aromatic carbocycles. The zero-order valence-corrected chi connectivity index (χ0v) is 12.4. The summed E-state index contributed by atoms with van der Waals surface area (Å²) in [5.74, 6) is 0. The largest absolute Gasteiger partial charge is 0.377 e. The summed E-state index contributed by atoms with van der Waals surface area (Å²) >= 11 is 0. The molecule has 0 radical (unpaired) electrons. The van der Waals surface area contributed by atoms with Crippen molar-refractivity contribution in [3.8, 4) is 0 Å². The van der Waals surface area contributed by atoms with Gasteiger partial charge in [0.15, 0.2) is 0 Å². The Bertz CT molecular complexity index is 303. The summed E-state index contributed by atoms with van der Waals surface area (Å²) < 4.78 is 5.97. The van der Waals surface area contributed by atoms with Crippen LogP contribution in [0.15, 0.2) is 24.5 Å². The van der Waals surface area contributed by atoms with E-state index in [0.29, 0.717) is 6.10 Å². The molecule has 0 aliphatic heterocycles. The molecule has 1 N–H and O–H groups in total. The van der Waals surface area contributed by atoms with E-state index in [1.807, 2.05) is 12.4 Å². The van der Waals surface area contributed by atoms with Gasteiger partial charge in [0.25, 0.3) is 0 Å². The van der Waals surface area contributed by atoms with Crippen molar-refractivity contribution in [2.24, 2.45) is 0 Å². The molecule has 1 aromatic heterocycles. The van der Waals surface area contributed by atoms with Gasteiger partial charge in [-0.25, -0.2) is 0 Å². The zero-order valence-electron chi connectivity index (χ0n) is 12.4. The second-order valence-electron chi connectivity index (χ2n) is 4.94. The van der Waals surface area contributed by atoms with Crippen LogP contribution < -0.4 is 5.32 Å². The predicted octanol–water partition coefficient (Wildman–Crippen LogP) is 3.20. The summed E-state index contributed by atoms with van der Waals surface area (Å²) in [5.41, 5.74) is 1.34. The zero-order chi connectivity index (χ0) is 13.8. The Kier molecular flexibility index (Phi) is 9.29. The highest BCUT2D eigenvalue weighted by Gasteiger charge is 2.07. The van der Waals surface area contributed by atoms with E-state index >= 15 is 0 Å². The number of nitrogens with zero attached hydrogens (tertiary/aromatic N) is 1. The monoisotopic (exact) mass is 264 g/mol. The van der Waals surface area contributed by atoms with Crippen molar-refractivity contribution < 1.29 is 4.74 Å². The van der Waals surface area contributed by atoms with Crippen LogP contribution in [0.4, 0.5) is 0 Å². The van der Waals surface area contributed by atoms with Gasteiger partial charge >= 0.3 is 0 Å². The first-order chi connectivity index (χ1) is 9.36. The van der Waals surface area contributed by atoms with Crippen molar-refractivity contribution in [3.63, 3.8) is 0 Å². The number of hydrogen-bond acceptors (Lipinski definition) is 3. The molecule has 1 heterocycles. The van der Waals surface area contributed by atoms with Gasteiger partial charge in [-0.3, -0.25) is 4.98 Å². The van der Waals surface area contributed by atoms with E-state index in [0.717, 1.165) is 39.0 Å². The smallest absolute Gasteiger partial charge is 0.0699 e. The van der Waals surface area contributed by atoms with E-state index < -0.39 is 0 Å². The normalized spacial score (nSPS) is 12.5. The van der Waals surface area contributed by atoms with Crippen LogP contribution in [0.5, 0.6) is 0 Å². The van der Waals surface area contributed by atoms with Gasteiger partial charge in [-0.2, -0.15) is 0 Å². The topological polar surface area (TPSA) is 34.1 Å². The maximum absolute atomic E-state index is 5.97. The Morgan fingerprint density at radius 2 is 2.00 bits per heavy atom. The van der Waals surface area contributed by atoms with Gasteiger partial charge < -0.3 is 10.1 Å². The minimum Gasteiger partial charge on any atom is -0.377 e. The molecule has 3 heteroatoms. The number of aromatic nitrogens is 1. The molecule has 0 fully saturated rings. The summed E-state index contributed by atoms with van der Waals surface area (Å²) in [7, 11) is 0. The Hall–Kier alpha value is -0.930. The lowest BCUT2D eigenvalue weighted by molar-refractivity contribution is 0.0458. The molecule has 1 aromatic rings. The van der Waals surface area contributed by atoms with Crippen molar-refractivity contribution in [2.45, 2.75) is 52.1 Å². The van der Waals surface area contributed by atoms with Crippen LogP contribution in [0.3, 0.4) is 0 Å². The summed E-state index contributed by atoms with van der Waals surface area (Å²) in [6.07, 6.45) is 9.74. The second kappa shape index (κ2) is 10.9. The van der Waals surface area contributed by atoms with Gasteiger partial charge in [-0.05, 0) is 49.9 Å². The average Bonchev–Trinajstić information content (AvgIpc) is 2.45. The minimum atomic E-state index is 0.369. The molecule has 0 aliphatic carbocycles. The van der Waals surface area contributed by atoms with Crippen LogP contribution in [0.1, 0.15) is 45.1 Å². The van der Waals surface area contributed by atoms with Crippen LogP contribution >= 0.6 is 0 Å². The fraction of sp³-hybridized carbons (Fsp3) is 0.688. The van der Waals surface area contributed by atoms with Crippen LogP contribution in [0.25, 0.3) is 0 Å². The maximum Gasteiger partial charge on any atom is 0.0699 e. The molecule has 1 atom stereocenters. The Morgan fingerprint density at radius 1 is 1.21 bits per heavy atom. The fourth-order valence-electron chi connectivity index (χ4n) is 2.08. The van der Waals surface area contributed by atoms with Gasteiger partial charge in [0.2, 0.25) is 0 Å². The van der Waals surface area contributed by atoms with E-state index in [2.05, 4.69) is 36.3 Å². The molecule has 3 nitrogen and oxygen atoms in total. The summed E-state index contributed by atoms with van der Waals surface area (Å²) in [6.45, 7) is 7.32. The highest BCUT2D eigenvalue weighted by molar-refractivity contribution is 5.09. The minimum absolute atomic E-state index is 0.369. The maximum atomic E-state index is 5.97. The fourth-order valence-corrected chi connectivity index (χ4v) is 2.08. The third-order valence-electron chi connectivity index (χ3n) is 3.12. The Balaban J connectivity index is 2.13. The second-order valence-corrected chi connectivity index (χ2v) is 4.94. The molecule has 1 unspecified atom stereocenters. The number of nitrogens with one attached hydrogen (secondary N) is 1. The molecule has 1 rings (SSSR count). The van der Waals surface area contributed by atoms with Crippen LogP contribution in [-0.4, -0.2) is 30.8 Å². The summed E-state index contributed by atoms with van der Waals surface area (Å²) in [6, 6.07) is 4.15. The third kappa shape index (κ3) is 7.96. The highest BCUT2D eigenvalue weighted by Crippen LogP contribution is 2.05. The van der Waals surface area contributed by atoms with Gasteiger partial charge in [0, 0.05) is 25.5 Å². The van der Waals surface area contributed by atoms with E-state index in [9.17, 15) is 0 Å². The molecule has 0 saturated heterocycles. The summed E-state index contributed by atoms with van der Waals surface area (Å²) in [4.78, 5) is 4.03. The van der Waals surface area contributed by atoms with Crippen LogP contribution in [0, 0.1) is 0 Å². The van der Waals surface area contributed by atoms with Gasteiger partial charge in [0.05, 0.1) is 6.10 Å². The molecule has 108 valence electrons. The van der Waals surface area contributed by atoms with Crippen molar-refractivity contribution in [2.75, 3.05) is 19.7 Å². The lowest BCUT2D eigenvalue weighted by Crippen LogP contribution is -2.30. The number of rotatable bonds is 11. The third-order valence-corrected chi connectivity index (χ3v) is 3.12. The first-order valence-corrected chi connectivity index (χ1v) is 7.58. The first-order valence-electron chi connectivity index (χ1n) is 7.58. The van der Waals surface area contributed by atoms with Crippen molar-refractivity contribution in [1.82, 2.24) is 10.3 Å². The summed E-state index contributed by atoms with van der Waals surface area (Å²) in [5, 5.41) is 3.45. The molecule has 0 amide bonds. The molecular formula is C16H28N2O. The van der Waals surface area contributed by atoms with Gasteiger partial charge in [-0.1, -0.05) is 20.3 Å². The van der Waals surface area contributed by atoms with E-state index in [1.54, 1.807) is 0 Å². The van der Waals surface area contributed by atoms with Crippen molar-refractivity contribution in [3.05, 3.63) is 30.1 Å². The van der Waals surface area contributed by atoms with E-state index in [-0.39, 0.29) is 0 Å². The molecule has 0 spiro atoms. The average molecular weight is 264 g/mol. The Labute approximate surface area is 117 Å². The molecule has 0 aliphatic rings. The van der Waals surface area contributed by atoms with Gasteiger partial charge in [-0.15, -0.1) is 0 Å². The highest BCUT2D eigenvalue weighted by atomic mass is 16.5. The quantitative estimate of drug-likeness (QED) is 0.623. The standard InChI is InChI=1S/C16H28N2O/c1-3-6-16(14-18-10-4-2)19-13-5-7-15-8-11-17-12-9-15/h8-9,11-12,16,18H,3-7,10,13-14H2,1-2H3. The molecule has 0 saturated carbocycles. The number of hydrogen-bond donors (Lipinski definition) is 1. The lowest BCUT2D eigenvalue weighted by Gasteiger charge is -2.17. The van der Waals surface area contributed by atoms with Crippen LogP contribution in [-0.2, 0) is 11.2 Å². The van der Waals surface area contributed by atoms with Crippen molar-refractivity contribution in [1.29, 1.82) is 0 Å². The number of pyridine rings is 1. The number of ether oxygens (including phenoxy) is 1. The van der Waals surface area contributed by atoms with Crippen molar-refractivity contribution >= 4 is 0 Å². The SMILES string of the molecule is CCCNCC(CCC)OCCCc1ccncc1.